The highest BCUT2D eigenvalue weighted by Gasteiger charge is 2.04. The summed E-state index contributed by atoms with van der Waals surface area (Å²) in [6.07, 6.45) is 0.352. The molecule has 0 heterocycles. The molecule has 2 N–H and O–H groups in total. The zero-order valence-electron chi connectivity index (χ0n) is 7.09. The van der Waals surface area contributed by atoms with E-state index in [9.17, 15) is 4.39 Å². The fourth-order valence-electron chi connectivity index (χ4n) is 0.907. The van der Waals surface area contributed by atoms with Crippen molar-refractivity contribution in [2.45, 2.75) is 6.42 Å². The Bertz CT molecular complexity index is 260. The summed E-state index contributed by atoms with van der Waals surface area (Å²) in [7, 11) is 0. The molecule has 0 fully saturated rings. The molecule has 0 amide bonds. The van der Waals surface area contributed by atoms with Gasteiger partial charge in [0.05, 0.1) is 24.0 Å². The van der Waals surface area contributed by atoms with Crippen molar-refractivity contribution in [2.75, 3.05) is 19.0 Å². The Hall–Kier alpha value is -0.960. The van der Waals surface area contributed by atoms with E-state index in [0.717, 1.165) is 0 Å². The van der Waals surface area contributed by atoms with E-state index in [1.165, 1.54) is 0 Å². The van der Waals surface area contributed by atoms with Crippen LogP contribution in [0.4, 0.5) is 10.1 Å². The van der Waals surface area contributed by atoms with E-state index in [2.05, 4.69) is 0 Å². The summed E-state index contributed by atoms with van der Waals surface area (Å²) < 4.78 is 17.0. The molecule has 1 rings (SSSR count). The van der Waals surface area contributed by atoms with E-state index >= 15 is 0 Å². The minimum atomic E-state index is -0.398. The highest BCUT2D eigenvalue weighted by molar-refractivity contribution is 6.32. The second-order valence-electron chi connectivity index (χ2n) is 2.55. The summed E-state index contributed by atoms with van der Waals surface area (Å²) >= 11 is 5.81. The molecule has 4 heteroatoms. The highest BCUT2D eigenvalue weighted by Crippen LogP contribution is 2.30. The summed E-state index contributed by atoms with van der Waals surface area (Å²) in [4.78, 5) is 0. The zero-order chi connectivity index (χ0) is 9.68. The number of nitrogens with two attached hydrogens (primary N) is 1. The van der Waals surface area contributed by atoms with Crippen LogP contribution in [0.3, 0.4) is 0 Å². The van der Waals surface area contributed by atoms with Gasteiger partial charge in [0.2, 0.25) is 0 Å². The van der Waals surface area contributed by atoms with Crippen molar-refractivity contribution in [1.29, 1.82) is 0 Å². The van der Waals surface area contributed by atoms with E-state index in [-0.39, 0.29) is 0 Å². The van der Waals surface area contributed by atoms with Crippen molar-refractivity contribution in [1.82, 2.24) is 0 Å². The Morgan fingerprint density at radius 1 is 1.46 bits per heavy atom. The van der Waals surface area contributed by atoms with Crippen LogP contribution in [-0.2, 0) is 0 Å². The van der Waals surface area contributed by atoms with Gasteiger partial charge in [-0.2, -0.15) is 0 Å². The third kappa shape index (κ3) is 2.77. The summed E-state index contributed by atoms with van der Waals surface area (Å²) in [6, 6.07) is 5.11. The zero-order valence-corrected chi connectivity index (χ0v) is 7.85. The van der Waals surface area contributed by atoms with Crippen LogP contribution in [0.2, 0.25) is 5.02 Å². The molecule has 0 saturated heterocycles. The minimum Gasteiger partial charge on any atom is -0.490 e. The SMILES string of the molecule is Nc1cccc(Cl)c1OCCCF. The van der Waals surface area contributed by atoms with Gasteiger partial charge in [0.25, 0.3) is 0 Å². The van der Waals surface area contributed by atoms with Crippen molar-refractivity contribution in [3.05, 3.63) is 23.2 Å². The van der Waals surface area contributed by atoms with Crippen LogP contribution < -0.4 is 10.5 Å². The second-order valence-corrected chi connectivity index (χ2v) is 2.96. The molecular weight excluding hydrogens is 193 g/mol. The summed E-state index contributed by atoms with van der Waals surface area (Å²) in [5.74, 6) is 0.442. The number of anilines is 1. The fraction of sp³-hybridized carbons (Fsp3) is 0.333. The lowest BCUT2D eigenvalue weighted by Crippen LogP contribution is -2.01. The molecule has 0 spiro atoms. The maximum Gasteiger partial charge on any atom is 0.160 e. The smallest absolute Gasteiger partial charge is 0.160 e. The van der Waals surface area contributed by atoms with Gasteiger partial charge in [-0.05, 0) is 12.1 Å². The predicted octanol–water partition coefficient (Wildman–Crippen LogP) is 2.66. The molecule has 0 atom stereocenters. The topological polar surface area (TPSA) is 35.2 Å². The molecule has 0 radical (unpaired) electrons. The molecule has 0 bridgehead atoms. The van der Waals surface area contributed by atoms with Gasteiger partial charge in [0, 0.05) is 6.42 Å². The largest absolute Gasteiger partial charge is 0.490 e. The van der Waals surface area contributed by atoms with E-state index in [4.69, 9.17) is 22.1 Å². The summed E-state index contributed by atoms with van der Waals surface area (Å²) in [6.45, 7) is -0.102. The Morgan fingerprint density at radius 3 is 2.85 bits per heavy atom. The number of rotatable bonds is 4. The average Bonchev–Trinajstić information content (AvgIpc) is 2.10. The van der Waals surface area contributed by atoms with Crippen molar-refractivity contribution in [2.24, 2.45) is 0 Å². The molecular formula is C9H11ClFNO. The normalized spacial score (nSPS) is 10.0. The summed E-state index contributed by atoms with van der Waals surface area (Å²) in [5, 5.41) is 0.457. The first-order valence-corrected chi connectivity index (χ1v) is 4.36. The lowest BCUT2D eigenvalue weighted by Gasteiger charge is -2.08. The van der Waals surface area contributed by atoms with Gasteiger partial charge < -0.3 is 10.5 Å². The molecule has 0 unspecified atom stereocenters. The van der Waals surface area contributed by atoms with Crippen LogP contribution >= 0.6 is 11.6 Å². The number of nitrogen functional groups attached to an aromatic ring is 1. The Labute approximate surface area is 81.4 Å². The molecule has 0 aliphatic heterocycles. The Kier molecular flexibility index (Phi) is 3.83. The third-order valence-electron chi connectivity index (χ3n) is 1.52. The van der Waals surface area contributed by atoms with E-state index < -0.39 is 6.67 Å². The number of halogens is 2. The molecule has 0 aromatic heterocycles. The maximum absolute atomic E-state index is 11.8. The van der Waals surface area contributed by atoms with Gasteiger partial charge in [-0.15, -0.1) is 0 Å². The Balaban J connectivity index is 2.64. The standard InChI is InChI=1S/C9H11ClFNO/c10-7-3-1-4-8(12)9(7)13-6-2-5-11/h1,3-4H,2,5-6,12H2. The third-order valence-corrected chi connectivity index (χ3v) is 1.82. The minimum absolute atomic E-state index is 0.296. The molecule has 0 aliphatic carbocycles. The van der Waals surface area contributed by atoms with Crippen LogP contribution in [0, 0.1) is 0 Å². The van der Waals surface area contributed by atoms with Crippen molar-refractivity contribution in [3.8, 4) is 5.75 Å². The quantitative estimate of drug-likeness (QED) is 0.603. The lowest BCUT2D eigenvalue weighted by atomic mass is 10.3. The Morgan fingerprint density at radius 2 is 2.23 bits per heavy atom. The van der Waals surface area contributed by atoms with Gasteiger partial charge in [-0.1, -0.05) is 17.7 Å². The van der Waals surface area contributed by atoms with Gasteiger partial charge >= 0.3 is 0 Å². The number of benzene rings is 1. The number of alkyl halides is 1. The lowest BCUT2D eigenvalue weighted by molar-refractivity contribution is 0.291. The molecule has 2 nitrogen and oxygen atoms in total. The number of para-hydroxylation sites is 1. The fourth-order valence-corrected chi connectivity index (χ4v) is 1.14. The molecule has 72 valence electrons. The average molecular weight is 204 g/mol. The van der Waals surface area contributed by atoms with Crippen LogP contribution in [-0.4, -0.2) is 13.3 Å². The van der Waals surface area contributed by atoms with Crippen molar-refractivity contribution >= 4 is 17.3 Å². The van der Waals surface area contributed by atoms with Crippen molar-refractivity contribution < 1.29 is 9.13 Å². The van der Waals surface area contributed by atoms with Gasteiger partial charge in [0.1, 0.15) is 0 Å². The number of hydrogen-bond donors (Lipinski definition) is 1. The van der Waals surface area contributed by atoms with E-state index in [1.807, 2.05) is 0 Å². The molecule has 0 aliphatic rings. The first-order chi connectivity index (χ1) is 6.25. The molecule has 0 saturated carbocycles. The van der Waals surface area contributed by atoms with Gasteiger partial charge in [-0.25, -0.2) is 0 Å². The van der Waals surface area contributed by atoms with E-state index in [0.29, 0.717) is 29.5 Å². The molecule has 1 aromatic carbocycles. The second kappa shape index (κ2) is 4.92. The van der Waals surface area contributed by atoms with Crippen LogP contribution in [0.1, 0.15) is 6.42 Å². The highest BCUT2D eigenvalue weighted by atomic mass is 35.5. The van der Waals surface area contributed by atoms with Crippen LogP contribution in [0.15, 0.2) is 18.2 Å². The predicted molar refractivity (Wildman–Crippen MR) is 52.0 cm³/mol. The monoisotopic (exact) mass is 203 g/mol. The van der Waals surface area contributed by atoms with Gasteiger partial charge in [-0.3, -0.25) is 4.39 Å². The van der Waals surface area contributed by atoms with Crippen LogP contribution in [0.5, 0.6) is 5.75 Å². The number of ether oxygens (including phenoxy) is 1. The molecule has 1 aromatic rings. The first kappa shape index (κ1) is 10.1. The van der Waals surface area contributed by atoms with Crippen molar-refractivity contribution in [3.63, 3.8) is 0 Å². The number of hydrogen-bond acceptors (Lipinski definition) is 2. The van der Waals surface area contributed by atoms with E-state index in [1.54, 1.807) is 18.2 Å². The summed E-state index contributed by atoms with van der Waals surface area (Å²) in [5.41, 5.74) is 6.08. The van der Waals surface area contributed by atoms with Crippen LogP contribution in [0.25, 0.3) is 0 Å². The first-order valence-electron chi connectivity index (χ1n) is 3.98. The maximum atomic E-state index is 11.8. The van der Waals surface area contributed by atoms with Gasteiger partial charge in [0.15, 0.2) is 5.75 Å². The molecule has 13 heavy (non-hydrogen) atoms.